The predicted molar refractivity (Wildman–Crippen MR) is 106 cm³/mol. The zero-order valence-electron chi connectivity index (χ0n) is 18.1. The molecule has 0 aromatic rings. The van der Waals surface area contributed by atoms with Crippen LogP contribution >= 0.6 is 0 Å². The van der Waals surface area contributed by atoms with Gasteiger partial charge >= 0.3 is 0 Å². The van der Waals surface area contributed by atoms with E-state index >= 15 is 0 Å². The maximum absolute atomic E-state index is 11.7. The molecule has 0 aromatic carbocycles. The fraction of sp³-hybridized carbons (Fsp3) is 1.00. The van der Waals surface area contributed by atoms with Gasteiger partial charge in [0.25, 0.3) is 0 Å². The number of hydrogen-bond donors (Lipinski definition) is 3. The molecule has 13 atom stereocenters. The molecule has 6 fully saturated rings. The van der Waals surface area contributed by atoms with Crippen molar-refractivity contribution < 1.29 is 24.8 Å². The van der Waals surface area contributed by atoms with Gasteiger partial charge in [-0.1, -0.05) is 13.8 Å². The van der Waals surface area contributed by atoms with Crippen LogP contribution in [0.2, 0.25) is 0 Å². The predicted octanol–water partition coefficient (Wildman–Crippen LogP) is 0.876. The van der Waals surface area contributed by atoms with Crippen molar-refractivity contribution in [1.29, 1.82) is 0 Å². The zero-order chi connectivity index (χ0) is 20.5. The normalized spacial score (nSPS) is 65.1. The highest BCUT2D eigenvalue weighted by Gasteiger charge is 2.84. The first-order valence-corrected chi connectivity index (χ1v) is 11.7. The summed E-state index contributed by atoms with van der Waals surface area (Å²) in [6.07, 6.45) is 1.75. The minimum Gasteiger partial charge on any atom is -0.392 e. The van der Waals surface area contributed by atoms with Crippen LogP contribution in [0.3, 0.4) is 0 Å². The summed E-state index contributed by atoms with van der Waals surface area (Å²) < 4.78 is 12.4. The number of piperidine rings is 1. The number of nitrogens with zero attached hydrogens (tertiary/aromatic N) is 1. The molecule has 1 heterocycles. The molecule has 1 aliphatic heterocycles. The standard InChI is InChI=1S/C23H37NO5/c1-5-24-10-21(2)15-7-13-20(24)23(15,17(26)8-16(21)25)12-6-11-14(28-3)9-22(13,29-4)18(12)19(11)27/h11-20,25-27H,5-10H2,1-4H3/t11-,12-,13+,14-,15-,16+,17-,18-,19-,20-,21+,22+,23-/m1/s1. The lowest BCUT2D eigenvalue weighted by Crippen LogP contribution is -2.77. The minimum atomic E-state index is -0.521. The molecule has 0 aromatic heterocycles. The number of aliphatic hydroxyl groups is 3. The van der Waals surface area contributed by atoms with Gasteiger partial charge in [-0.15, -0.1) is 0 Å². The highest BCUT2D eigenvalue weighted by molar-refractivity contribution is 5.33. The molecule has 29 heavy (non-hydrogen) atoms. The molecule has 6 heteroatoms. The maximum atomic E-state index is 11.7. The van der Waals surface area contributed by atoms with E-state index in [1.165, 1.54) is 0 Å². The summed E-state index contributed by atoms with van der Waals surface area (Å²) in [5.74, 6) is 0.926. The van der Waals surface area contributed by atoms with E-state index in [4.69, 9.17) is 9.47 Å². The van der Waals surface area contributed by atoms with Crippen molar-refractivity contribution in [2.75, 3.05) is 27.3 Å². The molecule has 5 saturated carbocycles. The topological polar surface area (TPSA) is 82.4 Å². The van der Waals surface area contributed by atoms with Crippen LogP contribution in [0, 0.1) is 40.4 Å². The Morgan fingerprint density at radius 2 is 1.79 bits per heavy atom. The molecule has 0 amide bonds. The number of fused-ring (bicyclic) bond motifs is 2. The van der Waals surface area contributed by atoms with Crippen LogP contribution in [-0.2, 0) is 9.47 Å². The number of methoxy groups -OCH3 is 2. The Balaban J connectivity index is 1.61. The monoisotopic (exact) mass is 407 g/mol. The summed E-state index contributed by atoms with van der Waals surface area (Å²) in [5, 5.41) is 34.3. The Labute approximate surface area is 173 Å². The Bertz CT molecular complexity index is 719. The van der Waals surface area contributed by atoms with Gasteiger partial charge in [-0.3, -0.25) is 4.90 Å². The van der Waals surface area contributed by atoms with Crippen molar-refractivity contribution in [3.63, 3.8) is 0 Å². The molecule has 5 aliphatic carbocycles. The van der Waals surface area contributed by atoms with Crippen LogP contribution < -0.4 is 0 Å². The van der Waals surface area contributed by atoms with E-state index in [1.54, 1.807) is 7.11 Å². The first-order chi connectivity index (χ1) is 13.8. The van der Waals surface area contributed by atoms with Gasteiger partial charge in [-0.25, -0.2) is 0 Å². The van der Waals surface area contributed by atoms with Gasteiger partial charge in [0.2, 0.25) is 0 Å². The summed E-state index contributed by atoms with van der Waals surface area (Å²) in [6.45, 7) is 6.27. The number of hydrogen-bond acceptors (Lipinski definition) is 6. The van der Waals surface area contributed by atoms with E-state index in [0.717, 1.165) is 32.4 Å². The molecular formula is C23H37NO5. The first kappa shape index (κ1) is 19.4. The number of ether oxygens (including phenoxy) is 2. The van der Waals surface area contributed by atoms with Crippen LogP contribution in [0.1, 0.15) is 39.5 Å². The second-order valence-corrected chi connectivity index (χ2v) is 11.3. The van der Waals surface area contributed by atoms with Gasteiger partial charge in [0, 0.05) is 68.2 Å². The smallest absolute Gasteiger partial charge is 0.0802 e. The highest BCUT2D eigenvalue weighted by Crippen LogP contribution is 2.79. The van der Waals surface area contributed by atoms with Crippen LogP contribution in [0.25, 0.3) is 0 Å². The summed E-state index contributed by atoms with van der Waals surface area (Å²) >= 11 is 0. The number of rotatable bonds is 3. The molecule has 6 rings (SSSR count). The van der Waals surface area contributed by atoms with Gasteiger partial charge in [0.15, 0.2) is 0 Å². The fourth-order valence-electron chi connectivity index (χ4n) is 10.4. The fourth-order valence-corrected chi connectivity index (χ4v) is 10.4. The van der Waals surface area contributed by atoms with Crippen molar-refractivity contribution in [3.05, 3.63) is 0 Å². The number of aliphatic hydroxyl groups excluding tert-OH is 3. The summed E-state index contributed by atoms with van der Waals surface area (Å²) in [7, 11) is 3.59. The van der Waals surface area contributed by atoms with Gasteiger partial charge < -0.3 is 24.8 Å². The third kappa shape index (κ3) is 1.81. The lowest BCUT2D eigenvalue weighted by atomic mass is 9.43. The van der Waals surface area contributed by atoms with E-state index in [2.05, 4.69) is 18.7 Å². The Morgan fingerprint density at radius 3 is 2.45 bits per heavy atom. The molecular weight excluding hydrogens is 370 g/mol. The lowest BCUT2D eigenvalue weighted by molar-refractivity contribution is -0.287. The molecule has 3 N–H and O–H groups in total. The Hall–Kier alpha value is -0.240. The molecule has 1 spiro atoms. The van der Waals surface area contributed by atoms with Crippen LogP contribution in [-0.4, -0.2) is 83.6 Å². The van der Waals surface area contributed by atoms with Gasteiger partial charge in [-0.2, -0.15) is 0 Å². The van der Waals surface area contributed by atoms with Crippen LogP contribution in [0.4, 0.5) is 0 Å². The second kappa shape index (κ2) is 5.76. The van der Waals surface area contributed by atoms with Crippen molar-refractivity contribution in [3.8, 4) is 0 Å². The van der Waals surface area contributed by atoms with E-state index < -0.39 is 23.9 Å². The average molecular weight is 408 g/mol. The quantitative estimate of drug-likeness (QED) is 0.644. The highest BCUT2D eigenvalue weighted by atomic mass is 16.5. The Kier molecular flexibility index (Phi) is 3.86. The van der Waals surface area contributed by atoms with Crippen molar-refractivity contribution in [2.45, 2.75) is 75.6 Å². The van der Waals surface area contributed by atoms with Gasteiger partial charge in [0.05, 0.1) is 30.0 Å². The van der Waals surface area contributed by atoms with E-state index in [-0.39, 0.29) is 52.6 Å². The SMILES string of the molecule is CCN1C[C@@]2(C)[C@H]3C[C@H]4[C@@H]1[C@]3([C@H](O)C[C@@H]2O)[C@@H]1C[C@H]2[C@@H](O)[C@@H]1[C@]4(OC)C[C@H]2OC. The molecule has 6 nitrogen and oxygen atoms in total. The molecule has 7 bridgehead atoms. The summed E-state index contributed by atoms with van der Waals surface area (Å²) in [4.78, 5) is 2.55. The molecule has 1 saturated heterocycles. The van der Waals surface area contributed by atoms with Crippen molar-refractivity contribution in [2.24, 2.45) is 40.4 Å². The summed E-state index contributed by atoms with van der Waals surface area (Å²) in [5.41, 5.74) is -0.871. The van der Waals surface area contributed by atoms with Crippen LogP contribution in [0.5, 0.6) is 0 Å². The third-order valence-electron chi connectivity index (χ3n) is 11.2. The molecule has 0 radical (unpaired) electrons. The lowest BCUT2D eigenvalue weighted by Gasteiger charge is -2.69. The van der Waals surface area contributed by atoms with E-state index in [0.29, 0.717) is 6.42 Å². The first-order valence-electron chi connectivity index (χ1n) is 11.7. The number of likely N-dealkylation sites (tertiary alicyclic amines) is 1. The molecule has 6 aliphatic rings. The third-order valence-corrected chi connectivity index (χ3v) is 11.2. The Morgan fingerprint density at radius 1 is 1.03 bits per heavy atom. The van der Waals surface area contributed by atoms with E-state index in [1.807, 2.05) is 7.11 Å². The van der Waals surface area contributed by atoms with E-state index in [9.17, 15) is 15.3 Å². The maximum Gasteiger partial charge on any atom is 0.0802 e. The van der Waals surface area contributed by atoms with Crippen LogP contribution in [0.15, 0.2) is 0 Å². The molecule has 0 unspecified atom stereocenters. The zero-order valence-corrected chi connectivity index (χ0v) is 18.1. The molecule has 164 valence electrons. The second-order valence-electron chi connectivity index (χ2n) is 11.3. The largest absolute Gasteiger partial charge is 0.392 e. The van der Waals surface area contributed by atoms with Crippen molar-refractivity contribution in [1.82, 2.24) is 4.90 Å². The van der Waals surface area contributed by atoms with Gasteiger partial charge in [0.1, 0.15) is 0 Å². The summed E-state index contributed by atoms with van der Waals surface area (Å²) in [6, 6.07) is 0.260. The average Bonchev–Trinajstić information content (AvgIpc) is 3.12. The van der Waals surface area contributed by atoms with Crippen molar-refractivity contribution >= 4 is 0 Å². The van der Waals surface area contributed by atoms with Gasteiger partial charge in [-0.05, 0) is 31.2 Å². The minimum absolute atomic E-state index is 0.00888.